The highest BCUT2D eigenvalue weighted by Crippen LogP contribution is 2.20. The maximum absolute atomic E-state index is 12.9. The molecule has 0 amide bonds. The first-order valence-electron chi connectivity index (χ1n) is 4.57. The van der Waals surface area contributed by atoms with Crippen molar-refractivity contribution < 1.29 is 4.39 Å². The Morgan fingerprint density at radius 1 is 1.54 bits per heavy atom. The lowest BCUT2D eigenvalue weighted by Crippen LogP contribution is -2.19. The third-order valence-electron chi connectivity index (χ3n) is 2.39. The predicted molar refractivity (Wildman–Crippen MR) is 50.7 cm³/mol. The number of rotatable bonds is 1. The molecule has 0 saturated carbocycles. The van der Waals surface area contributed by atoms with Gasteiger partial charge in [-0.3, -0.25) is 4.98 Å². The first-order chi connectivity index (χ1) is 6.25. The van der Waals surface area contributed by atoms with E-state index in [0.29, 0.717) is 13.0 Å². The van der Waals surface area contributed by atoms with Gasteiger partial charge in [-0.15, -0.1) is 0 Å². The number of nitrogens with zero attached hydrogens (tertiary/aromatic N) is 2. The van der Waals surface area contributed by atoms with Crippen molar-refractivity contribution in [2.45, 2.75) is 19.5 Å². The van der Waals surface area contributed by atoms with Crippen molar-refractivity contribution in [3.63, 3.8) is 0 Å². The summed E-state index contributed by atoms with van der Waals surface area (Å²) in [5, 5.41) is 0. The maximum atomic E-state index is 12.9. The van der Waals surface area contributed by atoms with Crippen LogP contribution in [0.1, 0.15) is 12.1 Å². The lowest BCUT2D eigenvalue weighted by atomic mass is 10.3. The van der Waals surface area contributed by atoms with Gasteiger partial charge in [-0.05, 0) is 25.5 Å². The van der Waals surface area contributed by atoms with E-state index >= 15 is 0 Å². The van der Waals surface area contributed by atoms with Crippen LogP contribution in [0.5, 0.6) is 0 Å². The predicted octanol–water partition coefficient (Wildman–Crippen LogP) is 1.94. The van der Waals surface area contributed by atoms with Crippen LogP contribution in [0.15, 0.2) is 18.3 Å². The molecule has 2 nitrogen and oxygen atoms in total. The van der Waals surface area contributed by atoms with Crippen LogP contribution in [-0.2, 0) is 0 Å². The van der Waals surface area contributed by atoms with Gasteiger partial charge in [0.25, 0.3) is 0 Å². The van der Waals surface area contributed by atoms with Crippen LogP contribution in [0.25, 0.3) is 0 Å². The van der Waals surface area contributed by atoms with E-state index in [4.69, 9.17) is 0 Å². The summed E-state index contributed by atoms with van der Waals surface area (Å²) >= 11 is 0. The minimum Gasteiger partial charge on any atom is -0.367 e. The van der Waals surface area contributed by atoms with E-state index in [1.165, 1.54) is 0 Å². The van der Waals surface area contributed by atoms with E-state index in [1.807, 2.05) is 30.2 Å². The van der Waals surface area contributed by atoms with Crippen LogP contribution in [-0.4, -0.2) is 24.2 Å². The molecule has 1 aromatic rings. The van der Waals surface area contributed by atoms with Gasteiger partial charge in [0.2, 0.25) is 0 Å². The number of pyridine rings is 1. The summed E-state index contributed by atoms with van der Waals surface area (Å²) in [5.74, 6) is 0. The van der Waals surface area contributed by atoms with Crippen LogP contribution in [0.2, 0.25) is 0 Å². The minimum absolute atomic E-state index is 0.519. The molecule has 2 rings (SSSR count). The van der Waals surface area contributed by atoms with Gasteiger partial charge < -0.3 is 4.90 Å². The third kappa shape index (κ3) is 1.79. The molecule has 0 aromatic carbocycles. The van der Waals surface area contributed by atoms with Crippen molar-refractivity contribution in [1.82, 2.24) is 4.98 Å². The van der Waals surface area contributed by atoms with E-state index in [1.54, 1.807) is 0 Å². The average molecular weight is 180 g/mol. The van der Waals surface area contributed by atoms with Crippen LogP contribution in [0.3, 0.4) is 0 Å². The molecular weight excluding hydrogens is 167 g/mol. The number of halogens is 1. The van der Waals surface area contributed by atoms with Crippen molar-refractivity contribution in [2.75, 3.05) is 18.0 Å². The van der Waals surface area contributed by atoms with E-state index in [0.717, 1.165) is 17.9 Å². The van der Waals surface area contributed by atoms with Crippen LogP contribution in [0.4, 0.5) is 10.1 Å². The molecular formula is C10H13FN2. The summed E-state index contributed by atoms with van der Waals surface area (Å²) in [5.41, 5.74) is 2.03. The van der Waals surface area contributed by atoms with Crippen molar-refractivity contribution >= 4 is 5.69 Å². The highest BCUT2D eigenvalue weighted by Gasteiger charge is 2.21. The fraction of sp³-hybridized carbons (Fsp3) is 0.500. The van der Waals surface area contributed by atoms with E-state index in [9.17, 15) is 4.39 Å². The maximum Gasteiger partial charge on any atom is 0.119 e. The molecule has 1 atom stereocenters. The summed E-state index contributed by atoms with van der Waals surface area (Å²) in [6, 6.07) is 3.96. The number of hydrogen-bond donors (Lipinski definition) is 0. The second-order valence-corrected chi connectivity index (χ2v) is 3.49. The monoisotopic (exact) mass is 180 g/mol. The Hall–Kier alpha value is -1.12. The standard InChI is InChI=1S/C10H13FN2/c1-8-2-3-10(6-12-8)13-5-4-9(11)7-13/h2-3,6,9H,4-5,7H2,1H3. The van der Waals surface area contributed by atoms with E-state index in [2.05, 4.69) is 4.98 Å². The lowest BCUT2D eigenvalue weighted by molar-refractivity contribution is 0.364. The molecule has 70 valence electrons. The molecule has 0 N–H and O–H groups in total. The molecule has 3 heteroatoms. The van der Waals surface area contributed by atoms with Gasteiger partial charge in [0.05, 0.1) is 11.9 Å². The Morgan fingerprint density at radius 2 is 2.38 bits per heavy atom. The van der Waals surface area contributed by atoms with Crippen molar-refractivity contribution in [3.05, 3.63) is 24.0 Å². The lowest BCUT2D eigenvalue weighted by Gasteiger charge is -2.16. The number of anilines is 1. The van der Waals surface area contributed by atoms with Crippen molar-refractivity contribution in [2.24, 2.45) is 0 Å². The Bertz CT molecular complexity index is 283. The molecule has 13 heavy (non-hydrogen) atoms. The molecule has 1 unspecified atom stereocenters. The Kier molecular flexibility index (Phi) is 2.17. The zero-order chi connectivity index (χ0) is 9.26. The van der Waals surface area contributed by atoms with Gasteiger partial charge in [0.15, 0.2) is 0 Å². The molecule has 1 saturated heterocycles. The number of aryl methyl sites for hydroxylation is 1. The second kappa shape index (κ2) is 3.32. The SMILES string of the molecule is Cc1ccc(N2CCC(F)C2)cn1. The summed E-state index contributed by atoms with van der Waals surface area (Å²) in [6.45, 7) is 3.28. The van der Waals surface area contributed by atoms with Gasteiger partial charge in [0, 0.05) is 18.8 Å². The smallest absolute Gasteiger partial charge is 0.119 e. The van der Waals surface area contributed by atoms with Crippen molar-refractivity contribution in [1.29, 1.82) is 0 Å². The topological polar surface area (TPSA) is 16.1 Å². The van der Waals surface area contributed by atoms with E-state index in [-0.39, 0.29) is 0 Å². The van der Waals surface area contributed by atoms with Gasteiger partial charge in [-0.2, -0.15) is 0 Å². The minimum atomic E-state index is -0.665. The molecule has 2 heterocycles. The summed E-state index contributed by atoms with van der Waals surface area (Å²) in [7, 11) is 0. The Balaban J connectivity index is 2.13. The molecule has 0 radical (unpaired) electrons. The summed E-state index contributed by atoms with van der Waals surface area (Å²) in [4.78, 5) is 6.22. The summed E-state index contributed by atoms with van der Waals surface area (Å²) in [6.07, 6.45) is 1.79. The van der Waals surface area contributed by atoms with Crippen LogP contribution < -0.4 is 4.90 Å². The zero-order valence-corrected chi connectivity index (χ0v) is 7.70. The first kappa shape index (κ1) is 8.48. The molecule has 1 fully saturated rings. The molecule has 0 spiro atoms. The first-order valence-corrected chi connectivity index (χ1v) is 4.57. The second-order valence-electron chi connectivity index (χ2n) is 3.49. The number of hydrogen-bond acceptors (Lipinski definition) is 2. The van der Waals surface area contributed by atoms with Gasteiger partial charge in [-0.1, -0.05) is 0 Å². The van der Waals surface area contributed by atoms with Crippen LogP contribution >= 0.6 is 0 Å². The van der Waals surface area contributed by atoms with E-state index < -0.39 is 6.17 Å². The van der Waals surface area contributed by atoms with Crippen molar-refractivity contribution in [3.8, 4) is 0 Å². The highest BCUT2D eigenvalue weighted by molar-refractivity contribution is 5.45. The molecule has 0 bridgehead atoms. The number of aromatic nitrogens is 1. The fourth-order valence-corrected chi connectivity index (χ4v) is 1.60. The van der Waals surface area contributed by atoms with Gasteiger partial charge in [-0.25, -0.2) is 4.39 Å². The van der Waals surface area contributed by atoms with Crippen LogP contribution in [0, 0.1) is 6.92 Å². The molecule has 1 aliphatic heterocycles. The fourth-order valence-electron chi connectivity index (χ4n) is 1.60. The molecule has 0 aliphatic carbocycles. The Morgan fingerprint density at radius 3 is 2.92 bits per heavy atom. The molecule has 1 aliphatic rings. The third-order valence-corrected chi connectivity index (χ3v) is 2.39. The normalized spacial score (nSPS) is 22.3. The average Bonchev–Trinajstić information content (AvgIpc) is 2.53. The zero-order valence-electron chi connectivity index (χ0n) is 7.70. The molecule has 1 aromatic heterocycles. The largest absolute Gasteiger partial charge is 0.367 e. The number of alkyl halides is 1. The highest BCUT2D eigenvalue weighted by atomic mass is 19.1. The quantitative estimate of drug-likeness (QED) is 0.656. The van der Waals surface area contributed by atoms with Gasteiger partial charge in [0.1, 0.15) is 6.17 Å². The van der Waals surface area contributed by atoms with Gasteiger partial charge >= 0.3 is 0 Å². The Labute approximate surface area is 77.4 Å². The summed E-state index contributed by atoms with van der Waals surface area (Å²) < 4.78 is 12.9.